The van der Waals surface area contributed by atoms with E-state index in [2.05, 4.69) is 20.5 Å². The van der Waals surface area contributed by atoms with Crippen LogP contribution in [0.3, 0.4) is 0 Å². The van der Waals surface area contributed by atoms with E-state index in [1.54, 1.807) is 17.2 Å². The van der Waals surface area contributed by atoms with Gasteiger partial charge in [-0.05, 0) is 30.2 Å². The molecule has 29 heavy (non-hydrogen) atoms. The molecule has 4 rings (SSSR count). The maximum absolute atomic E-state index is 12.4. The Hall–Kier alpha value is -2.75. The number of benzene rings is 1. The summed E-state index contributed by atoms with van der Waals surface area (Å²) in [6, 6.07) is 9.62. The summed E-state index contributed by atoms with van der Waals surface area (Å²) < 4.78 is 1.47. The highest BCUT2D eigenvalue weighted by Crippen LogP contribution is 2.12. The summed E-state index contributed by atoms with van der Waals surface area (Å²) in [6.45, 7) is 5.75. The third-order valence-corrected chi connectivity index (χ3v) is 5.36. The zero-order chi connectivity index (χ0) is 20.2. The molecule has 9 heteroatoms. The van der Waals surface area contributed by atoms with Crippen LogP contribution in [-0.4, -0.2) is 77.2 Å². The van der Waals surface area contributed by atoms with E-state index in [1.807, 2.05) is 24.3 Å². The summed E-state index contributed by atoms with van der Waals surface area (Å²) in [7, 11) is 0. The highest BCUT2D eigenvalue weighted by molar-refractivity contribution is 5.88. The number of carbonyl (C=O) groups is 1. The van der Waals surface area contributed by atoms with E-state index < -0.39 is 5.69 Å². The van der Waals surface area contributed by atoms with Crippen LogP contribution >= 0.6 is 0 Å². The Bertz CT molecular complexity index is 900. The van der Waals surface area contributed by atoms with Gasteiger partial charge in [-0.25, -0.2) is 9.59 Å². The lowest BCUT2D eigenvalue weighted by molar-refractivity contribution is 0.153. The van der Waals surface area contributed by atoms with E-state index >= 15 is 0 Å². The molecule has 0 atom stereocenters. The number of nitrogens with two attached hydrogens (primary N) is 1. The maximum Gasteiger partial charge on any atom is 0.354 e. The predicted molar refractivity (Wildman–Crippen MR) is 111 cm³/mol. The number of anilines is 1. The van der Waals surface area contributed by atoms with Crippen LogP contribution in [0.25, 0.3) is 5.69 Å². The second-order valence-electron chi connectivity index (χ2n) is 7.57. The van der Waals surface area contributed by atoms with Crippen LogP contribution in [-0.2, 0) is 6.42 Å². The van der Waals surface area contributed by atoms with E-state index in [1.165, 1.54) is 10.1 Å². The van der Waals surface area contributed by atoms with Crippen molar-refractivity contribution in [3.63, 3.8) is 0 Å². The SMILES string of the molecule is NC1CN(CCc2ccc(-n3ccc(NC(=O)N4CCNCC4)nc3=O)cc2)C1. The minimum absolute atomic E-state index is 0.233. The Balaban J connectivity index is 1.37. The van der Waals surface area contributed by atoms with Gasteiger partial charge in [-0.15, -0.1) is 0 Å². The van der Waals surface area contributed by atoms with Gasteiger partial charge in [0, 0.05) is 58.1 Å². The highest BCUT2D eigenvalue weighted by atomic mass is 16.2. The topological polar surface area (TPSA) is 109 Å². The molecule has 1 aromatic heterocycles. The van der Waals surface area contributed by atoms with Crippen molar-refractivity contribution in [1.29, 1.82) is 0 Å². The largest absolute Gasteiger partial charge is 0.354 e. The third kappa shape index (κ3) is 4.81. The molecule has 0 unspecified atom stereocenters. The summed E-state index contributed by atoms with van der Waals surface area (Å²) in [6.07, 6.45) is 2.59. The fourth-order valence-electron chi connectivity index (χ4n) is 3.63. The molecule has 0 saturated carbocycles. The molecule has 4 N–H and O–H groups in total. The highest BCUT2D eigenvalue weighted by Gasteiger charge is 2.22. The maximum atomic E-state index is 12.4. The standard InChI is InChI=1S/C20H27N7O2/c21-16-13-25(14-16)9-5-15-1-3-17(4-2-15)27-10-6-18(24-20(27)29)23-19(28)26-11-7-22-8-12-26/h1-4,6,10,16,22H,5,7-9,11-14,21H2,(H,23,24,28,29). The summed E-state index contributed by atoms with van der Waals surface area (Å²) >= 11 is 0. The zero-order valence-corrected chi connectivity index (χ0v) is 16.4. The average Bonchev–Trinajstić information content (AvgIpc) is 2.72. The van der Waals surface area contributed by atoms with Crippen LogP contribution in [0.2, 0.25) is 0 Å². The first-order valence-corrected chi connectivity index (χ1v) is 10.0. The predicted octanol–water partition coefficient (Wildman–Crippen LogP) is -0.145. The first kappa shape index (κ1) is 19.6. The number of piperazine rings is 1. The second kappa shape index (κ2) is 8.73. The molecule has 2 saturated heterocycles. The number of amides is 2. The van der Waals surface area contributed by atoms with Gasteiger partial charge >= 0.3 is 11.7 Å². The van der Waals surface area contributed by atoms with Crippen LogP contribution < -0.4 is 22.1 Å². The van der Waals surface area contributed by atoms with Crippen LogP contribution in [0.1, 0.15) is 5.56 Å². The van der Waals surface area contributed by atoms with Crippen molar-refractivity contribution in [2.24, 2.45) is 5.73 Å². The van der Waals surface area contributed by atoms with Crippen LogP contribution in [0.5, 0.6) is 0 Å². The van der Waals surface area contributed by atoms with Gasteiger partial charge in [0.25, 0.3) is 0 Å². The lowest BCUT2D eigenvalue weighted by atomic mass is 10.1. The molecule has 0 spiro atoms. The van der Waals surface area contributed by atoms with Crippen LogP contribution in [0.4, 0.5) is 10.6 Å². The number of rotatable bonds is 5. The molecule has 1 aromatic carbocycles. The first-order valence-electron chi connectivity index (χ1n) is 10.0. The molecule has 2 aliphatic rings. The molecule has 0 aliphatic carbocycles. The van der Waals surface area contributed by atoms with Gasteiger partial charge in [-0.3, -0.25) is 14.8 Å². The van der Waals surface area contributed by atoms with Gasteiger partial charge in [0.1, 0.15) is 5.82 Å². The van der Waals surface area contributed by atoms with Gasteiger partial charge in [-0.2, -0.15) is 4.98 Å². The number of hydrogen-bond acceptors (Lipinski definition) is 6. The van der Waals surface area contributed by atoms with Gasteiger partial charge in [0.2, 0.25) is 0 Å². The smallest absolute Gasteiger partial charge is 0.325 e. The molecule has 0 radical (unpaired) electrons. The lowest BCUT2D eigenvalue weighted by Crippen LogP contribution is -2.55. The monoisotopic (exact) mass is 397 g/mol. The van der Waals surface area contributed by atoms with Crippen molar-refractivity contribution in [2.75, 3.05) is 51.1 Å². The van der Waals surface area contributed by atoms with E-state index in [0.29, 0.717) is 19.1 Å². The van der Waals surface area contributed by atoms with E-state index in [9.17, 15) is 9.59 Å². The number of nitrogens with zero attached hydrogens (tertiary/aromatic N) is 4. The first-order chi connectivity index (χ1) is 14.1. The molecule has 2 fully saturated rings. The van der Waals surface area contributed by atoms with E-state index in [4.69, 9.17) is 5.73 Å². The number of likely N-dealkylation sites (tertiary alicyclic amines) is 1. The molecule has 154 valence electrons. The van der Waals surface area contributed by atoms with Crippen LogP contribution in [0.15, 0.2) is 41.3 Å². The van der Waals surface area contributed by atoms with Gasteiger partial charge < -0.3 is 16.0 Å². The molecule has 2 amide bonds. The Labute approximate surface area is 169 Å². The molecule has 9 nitrogen and oxygen atoms in total. The number of aromatic nitrogens is 2. The molecule has 0 bridgehead atoms. The number of hydrogen-bond donors (Lipinski definition) is 3. The van der Waals surface area contributed by atoms with E-state index in [-0.39, 0.29) is 11.8 Å². The Morgan fingerprint density at radius 3 is 2.55 bits per heavy atom. The summed E-state index contributed by atoms with van der Waals surface area (Å²) in [4.78, 5) is 32.7. The molecular formula is C20H27N7O2. The minimum Gasteiger partial charge on any atom is -0.325 e. The number of urea groups is 1. The Kier molecular flexibility index (Phi) is 5.89. The number of carbonyl (C=O) groups excluding carboxylic acids is 1. The molecular weight excluding hydrogens is 370 g/mol. The fourth-order valence-corrected chi connectivity index (χ4v) is 3.63. The Morgan fingerprint density at radius 2 is 1.90 bits per heavy atom. The third-order valence-electron chi connectivity index (χ3n) is 5.36. The molecule has 2 aromatic rings. The van der Waals surface area contributed by atoms with Gasteiger partial charge in [0.05, 0.1) is 5.69 Å². The van der Waals surface area contributed by atoms with Crippen molar-refractivity contribution in [2.45, 2.75) is 12.5 Å². The summed E-state index contributed by atoms with van der Waals surface area (Å²) in [5.41, 5.74) is 7.34. The quantitative estimate of drug-likeness (QED) is 0.648. The minimum atomic E-state index is -0.426. The lowest BCUT2D eigenvalue weighted by Gasteiger charge is -2.36. The zero-order valence-electron chi connectivity index (χ0n) is 16.4. The number of nitrogens with one attached hydrogen (secondary N) is 2. The normalized spacial score (nSPS) is 17.8. The van der Waals surface area contributed by atoms with Crippen LogP contribution in [0, 0.1) is 0 Å². The summed E-state index contributed by atoms with van der Waals surface area (Å²) in [5, 5.41) is 5.90. The van der Waals surface area contributed by atoms with Crippen molar-refractivity contribution >= 4 is 11.8 Å². The van der Waals surface area contributed by atoms with Crippen molar-refractivity contribution in [3.05, 3.63) is 52.6 Å². The van der Waals surface area contributed by atoms with Crippen molar-refractivity contribution in [3.8, 4) is 5.69 Å². The second-order valence-corrected chi connectivity index (χ2v) is 7.57. The van der Waals surface area contributed by atoms with Crippen molar-refractivity contribution < 1.29 is 4.79 Å². The molecule has 3 heterocycles. The van der Waals surface area contributed by atoms with Gasteiger partial charge in [-0.1, -0.05) is 12.1 Å². The average molecular weight is 397 g/mol. The molecule has 2 aliphatic heterocycles. The fraction of sp³-hybridized carbons (Fsp3) is 0.450. The van der Waals surface area contributed by atoms with Crippen molar-refractivity contribution in [1.82, 2.24) is 24.7 Å². The Morgan fingerprint density at radius 1 is 1.17 bits per heavy atom. The van der Waals surface area contributed by atoms with E-state index in [0.717, 1.165) is 44.8 Å². The van der Waals surface area contributed by atoms with Gasteiger partial charge in [0.15, 0.2) is 0 Å². The summed E-state index contributed by atoms with van der Waals surface area (Å²) in [5.74, 6) is 0.263.